The molecule has 18 heavy (non-hydrogen) atoms. The maximum atomic E-state index is 12.1. The van der Waals surface area contributed by atoms with Crippen molar-refractivity contribution in [3.8, 4) is 0 Å². The molecule has 0 aliphatic carbocycles. The van der Waals surface area contributed by atoms with Crippen LogP contribution in [-0.2, 0) is 10.0 Å². The Morgan fingerprint density at radius 1 is 1.17 bits per heavy atom. The molecule has 0 bridgehead atoms. The Balaban J connectivity index is 2.40. The van der Waals surface area contributed by atoms with E-state index in [0.717, 1.165) is 5.56 Å². The van der Waals surface area contributed by atoms with E-state index in [1.165, 1.54) is 24.5 Å². The molecule has 0 aromatic carbocycles. The summed E-state index contributed by atoms with van der Waals surface area (Å²) >= 11 is 5.76. The Morgan fingerprint density at radius 2 is 1.83 bits per heavy atom. The molecular weight excluding hydrogens is 274 g/mol. The molecule has 0 atom stereocenters. The molecule has 0 saturated carbocycles. The maximum absolute atomic E-state index is 12.1. The minimum Gasteiger partial charge on any atom is -0.263 e. The Hall–Kier alpha value is -1.66. The van der Waals surface area contributed by atoms with E-state index >= 15 is 0 Å². The third kappa shape index (κ3) is 2.60. The van der Waals surface area contributed by atoms with Gasteiger partial charge < -0.3 is 0 Å². The van der Waals surface area contributed by atoms with Crippen molar-refractivity contribution in [2.45, 2.75) is 11.8 Å². The van der Waals surface area contributed by atoms with Gasteiger partial charge in [0.1, 0.15) is 15.9 Å². The Bertz CT molecular complexity index is 673. The van der Waals surface area contributed by atoms with Crippen LogP contribution in [0.15, 0.2) is 41.6 Å². The summed E-state index contributed by atoms with van der Waals surface area (Å²) in [7, 11) is -3.77. The predicted octanol–water partition coefficient (Wildman–Crippen LogP) is 2.24. The molecule has 7 heteroatoms. The monoisotopic (exact) mass is 283 g/mol. The van der Waals surface area contributed by atoms with Crippen LogP contribution in [0.2, 0.25) is 5.15 Å². The standard InChI is InChI=1S/C11H10ClN3O2S/c1-8-4-2-7-14-11(8)15-18(16,17)9-5-3-6-13-10(9)12/h2-7H,1H3,(H,14,15). The van der Waals surface area contributed by atoms with Crippen LogP contribution in [0.1, 0.15) is 5.56 Å². The summed E-state index contributed by atoms with van der Waals surface area (Å²) in [6.07, 6.45) is 2.93. The van der Waals surface area contributed by atoms with E-state index in [2.05, 4.69) is 14.7 Å². The van der Waals surface area contributed by atoms with Crippen molar-refractivity contribution >= 4 is 27.4 Å². The summed E-state index contributed by atoms with van der Waals surface area (Å²) in [4.78, 5) is 7.63. The van der Waals surface area contributed by atoms with Crippen LogP contribution < -0.4 is 4.72 Å². The highest BCUT2D eigenvalue weighted by molar-refractivity contribution is 7.92. The molecule has 0 unspecified atom stereocenters. The first-order chi connectivity index (χ1) is 8.50. The summed E-state index contributed by atoms with van der Waals surface area (Å²) in [5.41, 5.74) is 0.723. The molecule has 0 fully saturated rings. The first-order valence-electron chi connectivity index (χ1n) is 5.05. The third-order valence-corrected chi connectivity index (χ3v) is 4.04. The van der Waals surface area contributed by atoms with Gasteiger partial charge in [-0.2, -0.15) is 0 Å². The van der Waals surface area contributed by atoms with Crippen LogP contribution >= 0.6 is 11.6 Å². The van der Waals surface area contributed by atoms with Gasteiger partial charge in [0.15, 0.2) is 0 Å². The van der Waals surface area contributed by atoms with Crippen molar-refractivity contribution in [2.24, 2.45) is 0 Å². The molecule has 2 aromatic heterocycles. The quantitative estimate of drug-likeness (QED) is 0.877. The number of nitrogens with zero attached hydrogens (tertiary/aromatic N) is 2. The molecule has 0 radical (unpaired) electrons. The summed E-state index contributed by atoms with van der Waals surface area (Å²) in [5, 5.41) is -0.0708. The highest BCUT2D eigenvalue weighted by Crippen LogP contribution is 2.21. The number of anilines is 1. The van der Waals surface area contributed by atoms with Gasteiger partial charge in [0.05, 0.1) is 0 Å². The molecule has 0 amide bonds. The average molecular weight is 284 g/mol. The van der Waals surface area contributed by atoms with Gasteiger partial charge >= 0.3 is 0 Å². The topological polar surface area (TPSA) is 72.0 Å². The number of sulfonamides is 1. The molecule has 0 aliphatic heterocycles. The second kappa shape index (κ2) is 4.91. The predicted molar refractivity (Wildman–Crippen MR) is 69.0 cm³/mol. The van der Waals surface area contributed by atoms with Crippen LogP contribution in [0.5, 0.6) is 0 Å². The molecule has 0 saturated heterocycles. The van der Waals surface area contributed by atoms with Gasteiger partial charge in [0.2, 0.25) is 0 Å². The number of aromatic nitrogens is 2. The van der Waals surface area contributed by atoms with Crippen LogP contribution in [0.3, 0.4) is 0 Å². The second-order valence-electron chi connectivity index (χ2n) is 3.57. The largest absolute Gasteiger partial charge is 0.266 e. The van der Waals surface area contributed by atoms with Crippen LogP contribution in [0.4, 0.5) is 5.82 Å². The highest BCUT2D eigenvalue weighted by atomic mass is 35.5. The van der Waals surface area contributed by atoms with Gasteiger partial charge in [-0.05, 0) is 30.7 Å². The zero-order valence-corrected chi connectivity index (χ0v) is 11.0. The van der Waals surface area contributed by atoms with E-state index in [4.69, 9.17) is 11.6 Å². The van der Waals surface area contributed by atoms with Gasteiger partial charge in [-0.3, -0.25) is 4.72 Å². The molecule has 2 aromatic rings. The molecule has 1 N–H and O–H groups in total. The fourth-order valence-corrected chi connectivity index (χ4v) is 2.88. The highest BCUT2D eigenvalue weighted by Gasteiger charge is 2.19. The minimum atomic E-state index is -3.77. The van der Waals surface area contributed by atoms with E-state index in [-0.39, 0.29) is 15.9 Å². The maximum Gasteiger partial charge on any atom is 0.266 e. The number of aryl methyl sites for hydroxylation is 1. The Kier molecular flexibility index (Phi) is 3.49. The lowest BCUT2D eigenvalue weighted by Crippen LogP contribution is -2.15. The number of pyridine rings is 2. The Morgan fingerprint density at radius 3 is 2.50 bits per heavy atom. The smallest absolute Gasteiger partial charge is 0.263 e. The number of hydrogen-bond acceptors (Lipinski definition) is 4. The van der Waals surface area contributed by atoms with E-state index in [1.54, 1.807) is 19.1 Å². The number of nitrogens with one attached hydrogen (secondary N) is 1. The Labute approximate surface area is 110 Å². The van der Waals surface area contributed by atoms with Gasteiger partial charge in [-0.25, -0.2) is 18.4 Å². The summed E-state index contributed by atoms with van der Waals surface area (Å²) in [6, 6.07) is 6.38. The van der Waals surface area contributed by atoms with Crippen LogP contribution in [-0.4, -0.2) is 18.4 Å². The fraction of sp³-hybridized carbons (Fsp3) is 0.0909. The lowest BCUT2D eigenvalue weighted by atomic mass is 10.3. The lowest BCUT2D eigenvalue weighted by molar-refractivity contribution is 0.600. The van der Waals surface area contributed by atoms with E-state index in [9.17, 15) is 8.42 Å². The molecule has 0 spiro atoms. The van der Waals surface area contributed by atoms with Gasteiger partial charge in [0, 0.05) is 12.4 Å². The average Bonchev–Trinajstić information content (AvgIpc) is 2.32. The SMILES string of the molecule is Cc1cccnc1NS(=O)(=O)c1cccnc1Cl. The first kappa shape index (κ1) is 12.8. The van der Waals surface area contributed by atoms with Crippen molar-refractivity contribution in [2.75, 3.05) is 4.72 Å². The van der Waals surface area contributed by atoms with Crippen LogP contribution in [0, 0.1) is 6.92 Å². The first-order valence-corrected chi connectivity index (χ1v) is 6.92. The summed E-state index contributed by atoms with van der Waals surface area (Å²) < 4.78 is 26.6. The molecule has 94 valence electrons. The number of halogens is 1. The van der Waals surface area contributed by atoms with Crippen molar-refractivity contribution in [1.82, 2.24) is 9.97 Å². The normalized spacial score (nSPS) is 11.2. The molecule has 0 aliphatic rings. The molecule has 2 rings (SSSR count). The van der Waals surface area contributed by atoms with Gasteiger partial charge in [-0.1, -0.05) is 17.7 Å². The van der Waals surface area contributed by atoms with E-state index in [1.807, 2.05) is 0 Å². The van der Waals surface area contributed by atoms with Crippen molar-refractivity contribution in [3.63, 3.8) is 0 Å². The fourth-order valence-electron chi connectivity index (χ4n) is 1.35. The minimum absolute atomic E-state index is 0.0708. The zero-order chi connectivity index (χ0) is 13.2. The van der Waals surface area contributed by atoms with Crippen molar-refractivity contribution in [1.29, 1.82) is 0 Å². The zero-order valence-electron chi connectivity index (χ0n) is 9.46. The number of hydrogen-bond donors (Lipinski definition) is 1. The van der Waals surface area contributed by atoms with E-state index in [0.29, 0.717) is 0 Å². The third-order valence-electron chi connectivity index (χ3n) is 2.25. The van der Waals surface area contributed by atoms with Crippen molar-refractivity contribution in [3.05, 3.63) is 47.4 Å². The molecule has 5 nitrogen and oxygen atoms in total. The van der Waals surface area contributed by atoms with Gasteiger partial charge in [-0.15, -0.1) is 0 Å². The summed E-state index contributed by atoms with van der Waals surface area (Å²) in [5.74, 6) is 0.275. The summed E-state index contributed by atoms with van der Waals surface area (Å²) in [6.45, 7) is 1.76. The van der Waals surface area contributed by atoms with E-state index < -0.39 is 10.0 Å². The lowest BCUT2D eigenvalue weighted by Gasteiger charge is -2.09. The van der Waals surface area contributed by atoms with Crippen LogP contribution in [0.25, 0.3) is 0 Å². The molecule has 2 heterocycles. The number of rotatable bonds is 3. The second-order valence-corrected chi connectivity index (χ2v) is 5.58. The van der Waals surface area contributed by atoms with Gasteiger partial charge in [0.25, 0.3) is 10.0 Å². The molecular formula is C11H10ClN3O2S. The van der Waals surface area contributed by atoms with Crippen molar-refractivity contribution < 1.29 is 8.42 Å².